The average Bonchev–Trinajstić information content (AvgIpc) is 3.33. The first-order valence-corrected chi connectivity index (χ1v) is 22.8. The van der Waals surface area contributed by atoms with Gasteiger partial charge in [-0.2, -0.15) is 0 Å². The van der Waals surface area contributed by atoms with Gasteiger partial charge in [-0.25, -0.2) is 0 Å². The van der Waals surface area contributed by atoms with Crippen LogP contribution in [0.1, 0.15) is 20.8 Å². The van der Waals surface area contributed by atoms with E-state index in [-0.39, 0.29) is 6.61 Å². The summed E-state index contributed by atoms with van der Waals surface area (Å²) in [5, 5.41) is 176. The third-order valence-electron chi connectivity index (χ3n) is 13.1. The summed E-state index contributed by atoms with van der Waals surface area (Å²) in [7, 11) is 0. The Morgan fingerprint density at radius 1 is 0.437 bits per heavy atom. The zero-order chi connectivity index (χ0) is 52.3. The summed E-state index contributed by atoms with van der Waals surface area (Å²) in [4.78, 5) is 24.8. The molecule has 0 spiro atoms. The zero-order valence-electron chi connectivity index (χ0n) is 38.4. The van der Waals surface area contributed by atoms with Crippen molar-refractivity contribution in [3.8, 4) is 0 Å². The van der Waals surface area contributed by atoms with Crippen LogP contribution in [0.4, 0.5) is 0 Å². The molecule has 0 aliphatic carbocycles. The van der Waals surface area contributed by atoms with Crippen molar-refractivity contribution >= 4 is 11.8 Å². The van der Waals surface area contributed by atoms with Gasteiger partial charge in [0, 0.05) is 13.8 Å². The summed E-state index contributed by atoms with van der Waals surface area (Å²) >= 11 is 0. The molecule has 0 bridgehead atoms. The summed E-state index contributed by atoms with van der Waals surface area (Å²) in [6, 6.07) is -2.86. The number of aliphatic hydroxyl groups is 16. The second kappa shape index (κ2) is 25.1. The van der Waals surface area contributed by atoms with Gasteiger partial charge >= 0.3 is 0 Å². The lowest BCUT2D eigenvalue weighted by Gasteiger charge is -2.50. The molecule has 0 unspecified atom stereocenters. The Balaban J connectivity index is 1.25. The van der Waals surface area contributed by atoms with Crippen LogP contribution in [0.2, 0.25) is 0 Å². The third-order valence-corrected chi connectivity index (χ3v) is 13.1. The highest BCUT2D eigenvalue weighted by atomic mass is 16.8. The largest absolute Gasteiger partial charge is 0.394 e. The summed E-state index contributed by atoms with van der Waals surface area (Å²) < 4.78 is 63.3. The van der Waals surface area contributed by atoms with Crippen LogP contribution in [0.5, 0.6) is 0 Å². The van der Waals surface area contributed by atoms with Gasteiger partial charge in [0.25, 0.3) is 0 Å². The van der Waals surface area contributed by atoms with Gasteiger partial charge in [0.05, 0.1) is 51.8 Å². The molecule has 0 aromatic rings. The molecule has 18 N–H and O–H groups in total. The molecule has 6 saturated heterocycles. The van der Waals surface area contributed by atoms with Crippen molar-refractivity contribution in [2.45, 2.75) is 199 Å². The Morgan fingerprint density at radius 2 is 0.873 bits per heavy atom. The maximum absolute atomic E-state index is 12.7. The number of aliphatic hydroxyl groups excluding tert-OH is 16. The second-order valence-corrected chi connectivity index (χ2v) is 18.2. The van der Waals surface area contributed by atoms with Crippen molar-refractivity contribution < 1.29 is 143 Å². The molecule has 71 heavy (non-hydrogen) atoms. The number of ether oxygens (including phenoxy) is 11. The van der Waals surface area contributed by atoms with Gasteiger partial charge in [-0.1, -0.05) is 0 Å². The van der Waals surface area contributed by atoms with Gasteiger partial charge in [0.1, 0.15) is 134 Å². The molecule has 0 radical (unpaired) electrons. The van der Waals surface area contributed by atoms with E-state index in [2.05, 4.69) is 10.6 Å². The van der Waals surface area contributed by atoms with Crippen LogP contribution in [0, 0.1) is 0 Å². The van der Waals surface area contributed by atoms with Crippen molar-refractivity contribution in [2.75, 3.05) is 39.6 Å². The molecule has 6 fully saturated rings. The average molecular weight is 1040 g/mol. The van der Waals surface area contributed by atoms with Crippen molar-refractivity contribution in [3.63, 3.8) is 0 Å². The molecular formula is C40H68N2O29. The van der Waals surface area contributed by atoms with E-state index in [4.69, 9.17) is 52.1 Å². The maximum atomic E-state index is 12.7. The highest BCUT2D eigenvalue weighted by Gasteiger charge is 2.56. The van der Waals surface area contributed by atoms with Crippen molar-refractivity contribution in [2.24, 2.45) is 0 Å². The lowest BCUT2D eigenvalue weighted by molar-refractivity contribution is -0.383. The van der Waals surface area contributed by atoms with E-state index in [1.165, 1.54) is 6.92 Å². The molecule has 31 nitrogen and oxygen atoms in total. The number of carbonyl (C=O) groups is 2. The van der Waals surface area contributed by atoms with Gasteiger partial charge in [0.2, 0.25) is 11.8 Å². The Labute approximate surface area is 403 Å². The van der Waals surface area contributed by atoms with Gasteiger partial charge in [-0.15, -0.1) is 0 Å². The SMILES string of the molecule is CC(=O)N[C@H]1[C@H](O[C@H]2[C@H](O)[C@@H](NC(C)=O)CO[C@@H]2CO[C@H]2O[C@@H](C)[C@@H](O)[C@@H](O)[C@@H]2O)O[C@H](CO)[C@@H](O[C@@H]2O[C@H](CO[C@H]3O[C@H](CO)[C@@H](O)[C@H](O)[C@@H]3O)[C@@H](O)[C@H](O[C@@H]3O[C@H](CO)[C@@H](O)[C@H](O)[C@@H]3O)[C@@H]2O)[C@@H]1O. The van der Waals surface area contributed by atoms with E-state index >= 15 is 0 Å². The molecule has 0 aromatic carbocycles. The van der Waals surface area contributed by atoms with Crippen LogP contribution >= 0.6 is 0 Å². The lowest BCUT2D eigenvalue weighted by Crippen LogP contribution is -2.70. The Kier molecular flexibility index (Phi) is 20.6. The normalized spacial score (nSPS) is 49.8. The fourth-order valence-corrected chi connectivity index (χ4v) is 9.00. The quantitative estimate of drug-likeness (QED) is 0.0643. The summed E-state index contributed by atoms with van der Waals surface area (Å²) in [6.45, 7) is -0.901. The number of hydrogen-bond acceptors (Lipinski definition) is 29. The molecule has 6 aliphatic rings. The molecule has 6 heterocycles. The molecule has 2 amide bonds. The molecule has 29 atom stereocenters. The zero-order valence-corrected chi connectivity index (χ0v) is 38.4. The molecular weight excluding hydrogens is 972 g/mol. The smallest absolute Gasteiger partial charge is 0.217 e. The molecule has 6 rings (SSSR count). The van der Waals surface area contributed by atoms with Crippen LogP contribution in [-0.2, 0) is 61.7 Å². The molecule has 6 aliphatic heterocycles. The monoisotopic (exact) mass is 1040 g/mol. The van der Waals surface area contributed by atoms with Crippen LogP contribution in [0.15, 0.2) is 0 Å². The predicted molar refractivity (Wildman–Crippen MR) is 220 cm³/mol. The molecule has 31 heteroatoms. The number of nitrogens with one attached hydrogen (secondary N) is 2. The lowest BCUT2D eigenvalue weighted by atomic mass is 9.94. The Hall–Kier alpha value is -2.14. The van der Waals surface area contributed by atoms with E-state index in [1.54, 1.807) is 0 Å². The van der Waals surface area contributed by atoms with Gasteiger partial charge in [-0.3, -0.25) is 9.59 Å². The number of amides is 2. The van der Waals surface area contributed by atoms with Gasteiger partial charge in [0.15, 0.2) is 31.5 Å². The van der Waals surface area contributed by atoms with E-state index in [9.17, 15) is 91.3 Å². The van der Waals surface area contributed by atoms with Crippen LogP contribution < -0.4 is 10.6 Å². The van der Waals surface area contributed by atoms with Gasteiger partial charge in [-0.05, 0) is 6.92 Å². The van der Waals surface area contributed by atoms with E-state index in [1.807, 2.05) is 0 Å². The molecule has 0 aromatic heterocycles. The first kappa shape index (κ1) is 58.1. The molecule has 412 valence electrons. The van der Waals surface area contributed by atoms with Crippen molar-refractivity contribution in [3.05, 3.63) is 0 Å². The Morgan fingerprint density at radius 3 is 1.44 bits per heavy atom. The van der Waals surface area contributed by atoms with Crippen LogP contribution in [0.25, 0.3) is 0 Å². The third kappa shape index (κ3) is 12.9. The number of rotatable bonds is 17. The molecule has 0 saturated carbocycles. The minimum absolute atomic E-state index is 0.326. The first-order chi connectivity index (χ1) is 33.5. The van der Waals surface area contributed by atoms with Crippen molar-refractivity contribution in [1.82, 2.24) is 10.6 Å². The summed E-state index contributed by atoms with van der Waals surface area (Å²) in [5.74, 6) is -1.40. The van der Waals surface area contributed by atoms with Crippen LogP contribution in [-0.4, -0.2) is 311 Å². The van der Waals surface area contributed by atoms with Crippen molar-refractivity contribution in [1.29, 1.82) is 0 Å². The topological polar surface area (TPSA) is 483 Å². The van der Waals surface area contributed by atoms with Gasteiger partial charge < -0.3 is 144 Å². The highest BCUT2D eigenvalue weighted by molar-refractivity contribution is 5.73. The Bertz CT molecular complexity index is 1690. The summed E-state index contributed by atoms with van der Waals surface area (Å²) in [5.41, 5.74) is 0. The minimum atomic E-state index is -2.21. The fraction of sp³-hybridized carbons (Fsp3) is 0.950. The number of hydrogen-bond donors (Lipinski definition) is 18. The fourth-order valence-electron chi connectivity index (χ4n) is 9.00. The van der Waals surface area contributed by atoms with E-state index < -0.39 is 223 Å². The highest BCUT2D eigenvalue weighted by Crippen LogP contribution is 2.35. The number of carbonyl (C=O) groups excluding carboxylic acids is 2. The van der Waals surface area contributed by atoms with Crippen LogP contribution in [0.3, 0.4) is 0 Å². The second-order valence-electron chi connectivity index (χ2n) is 18.2. The van der Waals surface area contributed by atoms with E-state index in [0.717, 1.165) is 13.8 Å². The first-order valence-electron chi connectivity index (χ1n) is 22.8. The van der Waals surface area contributed by atoms with E-state index in [0.29, 0.717) is 0 Å². The minimum Gasteiger partial charge on any atom is -0.394 e. The standard InChI is InChI=1S/C40H68N2O29/c1-10-20(48)26(54)29(57)37(64-10)63-9-18-34(21(49)13(7-61-18)41-11(2)46)69-36-19(42-12(3)47)25(53)33(16(6-45)67-36)70-40-32(60)35(71-39-31(59)28(56)23(51)15(5-44)66-39)24(52)17(68-40)8-62-38-30(58)27(55)22(50)14(4-43)65-38/h10,13-40,43-45,48-60H,4-9H2,1-3H3,(H,41,46)(H,42,47)/t10-,13-,14+,15+,16+,17+,18+,19+,20+,21+,22+,23+,24+,25+,26+,27-,28-,29-,30-,31-,32-,33+,34+,35-,36-,37-,38-,39-,40-/m0/s1. The predicted octanol–water partition coefficient (Wildman–Crippen LogP) is -12.1. The maximum Gasteiger partial charge on any atom is 0.217 e. The summed E-state index contributed by atoms with van der Waals surface area (Å²) in [6.07, 6.45) is -47.9.